The minimum absolute atomic E-state index is 0. The van der Waals surface area contributed by atoms with Crippen molar-refractivity contribution in [2.75, 3.05) is 5.73 Å². The van der Waals surface area contributed by atoms with Crippen LogP contribution in [0.15, 0.2) is 23.1 Å². The summed E-state index contributed by atoms with van der Waals surface area (Å²) in [6.45, 7) is 0. The number of hydrogen-bond donors (Lipinski definition) is 2. The third kappa shape index (κ3) is 2.93. The van der Waals surface area contributed by atoms with Crippen LogP contribution in [0.2, 0.25) is 0 Å². The van der Waals surface area contributed by atoms with Crippen molar-refractivity contribution >= 4 is 15.8 Å². The molecule has 0 aliphatic carbocycles. The van der Waals surface area contributed by atoms with E-state index in [2.05, 4.69) is 0 Å². The predicted molar refractivity (Wildman–Crippen MR) is 40.1 cm³/mol. The monoisotopic (exact) mass is 195 g/mol. The maximum atomic E-state index is 10.9. The third-order valence-corrected chi connectivity index (χ3v) is 2.14. The summed E-state index contributed by atoms with van der Waals surface area (Å²) < 4.78 is 29.5. The number of nitrogens with two attached hydrogens (primary N) is 1. The Morgan fingerprint density at radius 3 is 2.31 bits per heavy atom. The summed E-state index contributed by atoms with van der Waals surface area (Å²) >= 11 is 0. The van der Waals surface area contributed by atoms with Gasteiger partial charge in [-0.2, -0.15) is 8.42 Å². The Morgan fingerprint density at radius 2 is 1.92 bits per heavy atom. The zero-order valence-electron chi connectivity index (χ0n) is 6.89. The van der Waals surface area contributed by atoms with Crippen LogP contribution in [0.25, 0.3) is 0 Å². The van der Waals surface area contributed by atoms with Gasteiger partial charge in [-0.05, 0) is 18.2 Å². The van der Waals surface area contributed by atoms with Gasteiger partial charge in [-0.15, -0.1) is 0 Å². The predicted octanol–water partition coefficient (Wildman–Crippen LogP) is -3.41. The molecule has 0 aromatic heterocycles. The molecule has 0 unspecified atom stereocenters. The van der Waals surface area contributed by atoms with E-state index < -0.39 is 20.8 Å². The van der Waals surface area contributed by atoms with Gasteiger partial charge in [0.1, 0.15) is 0 Å². The molecule has 0 saturated heterocycles. The van der Waals surface area contributed by atoms with Crippen molar-refractivity contribution in [3.05, 3.63) is 18.2 Å². The fourth-order valence-corrected chi connectivity index (χ4v) is 1.29. The normalized spacial score (nSPS) is 10.5. The fraction of sp³-hybridized carbons (Fsp3) is 0. The second-order valence-electron chi connectivity index (χ2n) is 2.18. The number of nitrogen functional groups attached to an aromatic ring is 1. The van der Waals surface area contributed by atoms with Crippen LogP contribution < -0.4 is 29.7 Å². The molecular formula is C6H6LiNO4S. The van der Waals surface area contributed by atoms with Gasteiger partial charge in [0.05, 0.1) is 4.90 Å². The molecule has 3 N–H and O–H groups in total. The van der Waals surface area contributed by atoms with Crippen LogP contribution in [0.5, 0.6) is 5.75 Å². The first kappa shape index (κ1) is 12.3. The molecule has 0 radical (unpaired) electrons. The van der Waals surface area contributed by atoms with Crippen molar-refractivity contribution in [3.63, 3.8) is 0 Å². The molecule has 13 heavy (non-hydrogen) atoms. The van der Waals surface area contributed by atoms with E-state index in [1.807, 2.05) is 0 Å². The van der Waals surface area contributed by atoms with E-state index >= 15 is 0 Å². The fourth-order valence-electron chi connectivity index (χ4n) is 0.738. The van der Waals surface area contributed by atoms with Gasteiger partial charge < -0.3 is 10.8 Å². The van der Waals surface area contributed by atoms with Crippen molar-refractivity contribution in [2.45, 2.75) is 4.90 Å². The van der Waals surface area contributed by atoms with Crippen molar-refractivity contribution in [3.8, 4) is 5.75 Å². The van der Waals surface area contributed by atoms with Crippen LogP contribution in [0, 0.1) is 0 Å². The molecule has 1 aromatic carbocycles. The molecule has 0 amide bonds. The summed E-state index contributed by atoms with van der Waals surface area (Å²) in [5.74, 6) is -0.808. The van der Waals surface area contributed by atoms with Gasteiger partial charge in [0.15, 0.2) is 0 Å². The Bertz CT molecular complexity index is 403. The Kier molecular flexibility index (Phi) is 3.82. The largest absolute Gasteiger partial charge is 1.00 e. The third-order valence-electron chi connectivity index (χ3n) is 1.25. The van der Waals surface area contributed by atoms with E-state index in [1.165, 1.54) is 6.07 Å². The van der Waals surface area contributed by atoms with Crippen LogP contribution in [-0.2, 0) is 10.1 Å². The van der Waals surface area contributed by atoms with E-state index in [0.29, 0.717) is 0 Å². The molecule has 66 valence electrons. The molecule has 0 spiro atoms. The zero-order valence-corrected chi connectivity index (χ0v) is 7.71. The zero-order chi connectivity index (χ0) is 9.35. The minimum Gasteiger partial charge on any atom is -0.871 e. The molecule has 0 fully saturated rings. The van der Waals surface area contributed by atoms with Gasteiger partial charge in [0.2, 0.25) is 0 Å². The first-order valence-electron chi connectivity index (χ1n) is 2.95. The van der Waals surface area contributed by atoms with Crippen molar-refractivity contribution in [1.29, 1.82) is 0 Å². The van der Waals surface area contributed by atoms with E-state index in [1.54, 1.807) is 0 Å². The molecule has 0 saturated carbocycles. The Labute approximate surface area is 87.5 Å². The molecule has 0 bridgehead atoms. The van der Waals surface area contributed by atoms with Gasteiger partial charge in [-0.25, -0.2) is 0 Å². The topological polar surface area (TPSA) is 103 Å². The first-order chi connectivity index (χ1) is 5.41. The maximum absolute atomic E-state index is 10.9. The molecule has 1 aromatic rings. The number of benzene rings is 1. The van der Waals surface area contributed by atoms with Crippen LogP contribution in [0.1, 0.15) is 0 Å². The quantitative estimate of drug-likeness (QED) is 0.276. The van der Waals surface area contributed by atoms with Crippen LogP contribution in [-0.4, -0.2) is 13.0 Å². The average molecular weight is 195 g/mol. The van der Waals surface area contributed by atoms with Crippen LogP contribution >= 0.6 is 0 Å². The first-order valence-corrected chi connectivity index (χ1v) is 4.39. The van der Waals surface area contributed by atoms with Crippen LogP contribution in [0.4, 0.5) is 5.69 Å². The van der Waals surface area contributed by atoms with Crippen molar-refractivity contribution in [2.24, 2.45) is 0 Å². The van der Waals surface area contributed by atoms with Gasteiger partial charge in [-0.3, -0.25) is 4.55 Å². The van der Waals surface area contributed by atoms with Crippen LogP contribution in [0.3, 0.4) is 0 Å². The minimum atomic E-state index is -4.42. The summed E-state index contributed by atoms with van der Waals surface area (Å²) in [5.41, 5.74) is 5.35. The summed E-state index contributed by atoms with van der Waals surface area (Å²) in [5, 5.41) is 10.9. The molecule has 1 rings (SSSR count). The van der Waals surface area contributed by atoms with E-state index in [0.717, 1.165) is 12.1 Å². The standard InChI is InChI=1S/C6H7NO4S.Li/c7-4-1-2-6(5(8)3-4)12(9,10)11;/h1-3,8H,7H2,(H,9,10,11);/q;+1/p-1. The molecule has 5 nitrogen and oxygen atoms in total. The SMILES string of the molecule is Nc1ccc(S(=O)(=O)O)c([O-])c1.[Li+]. The summed E-state index contributed by atoms with van der Waals surface area (Å²) in [6, 6.07) is 3.13. The molecule has 0 heterocycles. The Hall–Kier alpha value is -0.673. The van der Waals surface area contributed by atoms with E-state index in [4.69, 9.17) is 10.3 Å². The molecule has 0 atom stereocenters. The second kappa shape index (κ2) is 4.02. The van der Waals surface area contributed by atoms with Gasteiger partial charge in [0, 0.05) is 5.69 Å². The maximum Gasteiger partial charge on any atom is 1.00 e. The smallest absolute Gasteiger partial charge is 0.871 e. The van der Waals surface area contributed by atoms with Gasteiger partial charge >= 0.3 is 18.9 Å². The summed E-state index contributed by atoms with van der Waals surface area (Å²) in [6.07, 6.45) is 0. The summed E-state index contributed by atoms with van der Waals surface area (Å²) in [4.78, 5) is -0.656. The second-order valence-corrected chi connectivity index (χ2v) is 3.57. The van der Waals surface area contributed by atoms with Gasteiger partial charge in [-0.1, -0.05) is 5.75 Å². The average Bonchev–Trinajstić information content (AvgIpc) is 1.83. The molecule has 0 aliphatic heterocycles. The molecule has 7 heteroatoms. The molecule has 0 aliphatic rings. The Balaban J connectivity index is 0.00000144. The van der Waals surface area contributed by atoms with E-state index in [-0.39, 0.29) is 24.5 Å². The van der Waals surface area contributed by atoms with E-state index in [9.17, 15) is 13.5 Å². The Morgan fingerprint density at radius 1 is 1.38 bits per heavy atom. The van der Waals surface area contributed by atoms with Crippen molar-refractivity contribution < 1.29 is 36.9 Å². The number of rotatable bonds is 1. The number of hydrogen-bond acceptors (Lipinski definition) is 4. The van der Waals surface area contributed by atoms with Crippen molar-refractivity contribution in [1.82, 2.24) is 0 Å². The molecular weight excluding hydrogens is 189 g/mol. The number of anilines is 1. The summed E-state index contributed by atoms with van der Waals surface area (Å²) in [7, 11) is -4.42. The van der Waals surface area contributed by atoms with Gasteiger partial charge in [0.25, 0.3) is 10.1 Å².